The molecule has 5 saturated heterocycles. The summed E-state index contributed by atoms with van der Waals surface area (Å²) in [5.74, 6) is 0.345. The molecule has 0 N–H and O–H groups in total. The SMILES string of the molecule is C[C@H]1CC(=O)N2C3C(C)(C)[C@@]4(CCN(C)C4=O)C[C@]34[CH]C[C@]12C(=O)N4C. The molecule has 6 nitrogen and oxygen atoms in total. The van der Waals surface area contributed by atoms with Gasteiger partial charge in [-0.05, 0) is 31.6 Å². The van der Waals surface area contributed by atoms with E-state index in [9.17, 15) is 14.4 Å². The zero-order valence-electron chi connectivity index (χ0n) is 16.3. The second-order valence-electron chi connectivity index (χ2n) is 9.92. The van der Waals surface area contributed by atoms with Crippen molar-refractivity contribution in [3.63, 3.8) is 0 Å². The lowest BCUT2D eigenvalue weighted by Crippen LogP contribution is -2.81. The molecule has 26 heavy (non-hydrogen) atoms. The number of rotatable bonds is 0. The third-order valence-corrected chi connectivity index (χ3v) is 8.92. The first-order chi connectivity index (χ1) is 12.1. The van der Waals surface area contributed by atoms with Crippen LogP contribution in [0.15, 0.2) is 0 Å². The highest BCUT2D eigenvalue weighted by Gasteiger charge is 2.81. The number of nitrogens with zero attached hydrogens (tertiary/aromatic N) is 3. The normalized spacial score (nSPS) is 48.8. The fourth-order valence-corrected chi connectivity index (χ4v) is 7.43. The Hall–Kier alpha value is -1.59. The van der Waals surface area contributed by atoms with Gasteiger partial charge in [0.25, 0.3) is 0 Å². The molecule has 6 rings (SSSR count). The predicted octanol–water partition coefficient (Wildman–Crippen LogP) is 1.06. The Morgan fingerprint density at radius 2 is 1.81 bits per heavy atom. The lowest BCUT2D eigenvalue weighted by atomic mass is 9.61. The highest BCUT2D eigenvalue weighted by Crippen LogP contribution is 2.70. The summed E-state index contributed by atoms with van der Waals surface area (Å²) >= 11 is 0. The van der Waals surface area contributed by atoms with Gasteiger partial charge in [-0.2, -0.15) is 0 Å². The third-order valence-electron chi connectivity index (χ3n) is 8.92. The highest BCUT2D eigenvalue weighted by atomic mass is 16.2. The molecule has 5 aliphatic heterocycles. The number of carbonyl (C=O) groups is 3. The minimum absolute atomic E-state index is 0.00815. The average Bonchev–Trinajstić information content (AvgIpc) is 3.09. The Morgan fingerprint density at radius 3 is 2.42 bits per heavy atom. The van der Waals surface area contributed by atoms with Crippen molar-refractivity contribution in [1.29, 1.82) is 0 Å². The maximum atomic E-state index is 13.5. The Kier molecular flexibility index (Phi) is 2.73. The molecule has 0 aromatic heterocycles. The smallest absolute Gasteiger partial charge is 0.249 e. The summed E-state index contributed by atoms with van der Waals surface area (Å²) in [5.41, 5.74) is -2.16. The lowest BCUT2D eigenvalue weighted by Gasteiger charge is -2.65. The standard InChI is InChI=1S/C20H28N3O3/c1-12-10-13(24)23-14-17(2,3)18(8-9-21(4)15(18)25)11-19(14)6-7-20(12,23)16(26)22(19)5/h6,12,14H,7-11H2,1-5H3/t12-,14?,18-,19+,20+/m0/s1. The largest absolute Gasteiger partial charge is 0.345 e. The molecule has 6 fully saturated rings. The molecule has 5 heterocycles. The average molecular weight is 358 g/mol. The Labute approximate surface area is 154 Å². The topological polar surface area (TPSA) is 60.9 Å². The van der Waals surface area contributed by atoms with Crippen LogP contribution in [0, 0.1) is 23.2 Å². The van der Waals surface area contributed by atoms with Gasteiger partial charge in [-0.3, -0.25) is 14.4 Å². The number of piperidine rings is 2. The number of fused-ring (bicyclic) bond motifs is 2. The number of amides is 3. The molecule has 5 atom stereocenters. The van der Waals surface area contributed by atoms with Crippen molar-refractivity contribution in [3.05, 3.63) is 6.42 Å². The second-order valence-corrected chi connectivity index (χ2v) is 9.92. The molecule has 3 amide bonds. The molecule has 6 heteroatoms. The van der Waals surface area contributed by atoms with Crippen molar-refractivity contribution in [2.45, 2.75) is 63.6 Å². The first-order valence-electron chi connectivity index (χ1n) is 9.77. The van der Waals surface area contributed by atoms with Crippen LogP contribution in [0.5, 0.6) is 0 Å². The van der Waals surface area contributed by atoms with Crippen LogP contribution in [0.1, 0.15) is 46.5 Å². The third kappa shape index (κ3) is 1.31. The molecule has 0 aromatic carbocycles. The maximum absolute atomic E-state index is 13.5. The predicted molar refractivity (Wildman–Crippen MR) is 94.6 cm³/mol. The van der Waals surface area contributed by atoms with Gasteiger partial charge >= 0.3 is 0 Å². The van der Waals surface area contributed by atoms with Gasteiger partial charge in [-0.25, -0.2) is 0 Å². The molecule has 1 unspecified atom stereocenters. The van der Waals surface area contributed by atoms with E-state index in [1.807, 2.05) is 35.7 Å². The summed E-state index contributed by atoms with van der Waals surface area (Å²) in [6.07, 6.45) is 4.77. The van der Waals surface area contributed by atoms with Gasteiger partial charge in [0.1, 0.15) is 5.54 Å². The van der Waals surface area contributed by atoms with Crippen molar-refractivity contribution in [2.75, 3.05) is 20.6 Å². The number of likely N-dealkylation sites (N-methyl/N-ethyl adjacent to an activating group) is 1. The number of likely N-dealkylation sites (tertiary alicyclic amines) is 1. The minimum atomic E-state index is -0.741. The number of hydrogen-bond donors (Lipinski definition) is 0. The van der Waals surface area contributed by atoms with Crippen LogP contribution in [-0.4, -0.2) is 70.2 Å². The Balaban J connectivity index is 1.76. The van der Waals surface area contributed by atoms with Crippen LogP contribution >= 0.6 is 0 Å². The fraction of sp³-hybridized carbons (Fsp3) is 0.800. The summed E-state index contributed by atoms with van der Waals surface area (Å²) in [5, 5.41) is 0. The zero-order chi connectivity index (χ0) is 18.9. The number of hydrogen-bond acceptors (Lipinski definition) is 3. The van der Waals surface area contributed by atoms with Crippen molar-refractivity contribution in [3.8, 4) is 0 Å². The van der Waals surface area contributed by atoms with E-state index in [1.165, 1.54) is 0 Å². The van der Waals surface area contributed by atoms with Crippen LogP contribution in [0.4, 0.5) is 0 Å². The van der Waals surface area contributed by atoms with E-state index in [0.717, 1.165) is 13.0 Å². The van der Waals surface area contributed by atoms with E-state index in [1.54, 1.807) is 0 Å². The van der Waals surface area contributed by atoms with Gasteiger partial charge in [-0.15, -0.1) is 0 Å². The molecule has 6 aliphatic rings. The van der Waals surface area contributed by atoms with Gasteiger partial charge in [-0.1, -0.05) is 20.8 Å². The summed E-state index contributed by atoms with van der Waals surface area (Å²) in [6.45, 7) is 7.08. The second kappa shape index (κ2) is 4.28. The first kappa shape index (κ1) is 16.6. The molecule has 141 valence electrons. The number of piperazine rings is 1. The summed E-state index contributed by atoms with van der Waals surface area (Å²) in [7, 11) is 3.76. The van der Waals surface area contributed by atoms with Crippen molar-refractivity contribution >= 4 is 17.7 Å². The fourth-order valence-electron chi connectivity index (χ4n) is 7.43. The monoisotopic (exact) mass is 358 g/mol. The molecular weight excluding hydrogens is 330 g/mol. The van der Waals surface area contributed by atoms with Crippen LogP contribution in [-0.2, 0) is 14.4 Å². The molecule has 1 aliphatic carbocycles. The van der Waals surface area contributed by atoms with Crippen molar-refractivity contribution in [2.24, 2.45) is 16.7 Å². The molecule has 1 saturated carbocycles. The van der Waals surface area contributed by atoms with Gasteiger partial charge in [0.05, 0.1) is 17.0 Å². The molecule has 0 aromatic rings. The van der Waals surface area contributed by atoms with Crippen LogP contribution < -0.4 is 0 Å². The summed E-state index contributed by atoms with van der Waals surface area (Å²) < 4.78 is 0. The Bertz CT molecular complexity index is 763. The molecule has 3 spiro atoms. The van der Waals surface area contributed by atoms with E-state index in [0.29, 0.717) is 19.3 Å². The molecule has 1 radical (unpaired) electrons. The minimum Gasteiger partial charge on any atom is -0.345 e. The van der Waals surface area contributed by atoms with Crippen molar-refractivity contribution in [1.82, 2.24) is 14.7 Å². The van der Waals surface area contributed by atoms with Crippen LogP contribution in [0.2, 0.25) is 0 Å². The summed E-state index contributed by atoms with van der Waals surface area (Å²) in [4.78, 5) is 45.5. The van der Waals surface area contributed by atoms with Crippen molar-refractivity contribution < 1.29 is 14.4 Å². The van der Waals surface area contributed by atoms with E-state index in [4.69, 9.17) is 0 Å². The van der Waals surface area contributed by atoms with Gasteiger partial charge in [0, 0.05) is 32.5 Å². The van der Waals surface area contributed by atoms with Gasteiger partial charge < -0.3 is 14.7 Å². The van der Waals surface area contributed by atoms with Gasteiger partial charge in [0.2, 0.25) is 17.7 Å². The zero-order valence-corrected chi connectivity index (χ0v) is 16.3. The summed E-state index contributed by atoms with van der Waals surface area (Å²) in [6, 6.07) is -0.126. The van der Waals surface area contributed by atoms with E-state index < -0.39 is 16.5 Å². The van der Waals surface area contributed by atoms with Gasteiger partial charge in [0.15, 0.2) is 0 Å². The molecular formula is C20H28N3O3. The van der Waals surface area contributed by atoms with Crippen LogP contribution in [0.25, 0.3) is 0 Å². The lowest BCUT2D eigenvalue weighted by molar-refractivity contribution is -0.186. The highest BCUT2D eigenvalue weighted by molar-refractivity contribution is 6.00. The molecule has 2 bridgehead atoms. The van der Waals surface area contributed by atoms with E-state index in [2.05, 4.69) is 20.3 Å². The maximum Gasteiger partial charge on any atom is 0.249 e. The number of carbonyl (C=O) groups excluding carboxylic acids is 3. The first-order valence-corrected chi connectivity index (χ1v) is 9.77. The Morgan fingerprint density at radius 1 is 1.12 bits per heavy atom. The quantitative estimate of drug-likeness (QED) is 0.651. The van der Waals surface area contributed by atoms with Crippen LogP contribution in [0.3, 0.4) is 0 Å². The van der Waals surface area contributed by atoms with E-state index >= 15 is 0 Å². The van der Waals surface area contributed by atoms with E-state index in [-0.39, 0.29) is 35.1 Å².